The van der Waals surface area contributed by atoms with E-state index in [1.54, 1.807) is 25.2 Å². The maximum Gasteiger partial charge on any atom is 0.293 e. The van der Waals surface area contributed by atoms with E-state index in [1.807, 2.05) is 30.3 Å². The Bertz CT molecular complexity index is 1700. The van der Waals surface area contributed by atoms with Gasteiger partial charge in [-0.25, -0.2) is 32.6 Å². The SMILES string of the molecule is CN(Cc1nc2ccc(F)cc2[nH]1)C(=O)c1nc(Cc2ccccc2)n(-c2ccc(S(N)(=O)=O)cc2)n1. The highest BCUT2D eigenvalue weighted by Crippen LogP contribution is 2.18. The van der Waals surface area contributed by atoms with Gasteiger partial charge in [-0.1, -0.05) is 30.3 Å². The molecule has 2 heterocycles. The fourth-order valence-corrected chi connectivity index (χ4v) is 4.40. The first-order valence-electron chi connectivity index (χ1n) is 11.2. The lowest BCUT2D eigenvalue weighted by Gasteiger charge is -2.13. The van der Waals surface area contributed by atoms with Crippen LogP contribution in [0, 0.1) is 5.82 Å². The highest BCUT2D eigenvalue weighted by atomic mass is 32.2. The number of rotatable bonds is 7. The topological polar surface area (TPSA) is 140 Å². The highest BCUT2D eigenvalue weighted by molar-refractivity contribution is 7.89. The van der Waals surface area contributed by atoms with Crippen molar-refractivity contribution in [2.75, 3.05) is 7.05 Å². The van der Waals surface area contributed by atoms with Gasteiger partial charge in [-0.15, -0.1) is 5.10 Å². The Morgan fingerprint density at radius 2 is 1.78 bits per heavy atom. The number of carbonyl (C=O) groups is 1. The molecule has 0 saturated carbocycles. The molecule has 5 aromatic rings. The Morgan fingerprint density at radius 3 is 2.49 bits per heavy atom. The molecule has 0 aliphatic heterocycles. The molecule has 37 heavy (non-hydrogen) atoms. The van der Waals surface area contributed by atoms with Crippen LogP contribution in [0.15, 0.2) is 77.7 Å². The summed E-state index contributed by atoms with van der Waals surface area (Å²) in [6.45, 7) is 0.126. The lowest BCUT2D eigenvalue weighted by Crippen LogP contribution is -2.27. The molecule has 0 saturated heterocycles. The van der Waals surface area contributed by atoms with E-state index < -0.39 is 15.9 Å². The molecule has 0 radical (unpaired) electrons. The number of amides is 1. The standard InChI is InChI=1S/C25H22FN7O3S/c1-32(15-22-28-20-12-7-17(26)14-21(20)29-22)25(34)24-30-23(13-16-5-3-2-4-6-16)33(31-24)18-8-10-19(11-9-18)37(27,35)36/h2-12,14H,13,15H2,1H3,(H,28,29)(H2,27,35,36). The lowest BCUT2D eigenvalue weighted by molar-refractivity contribution is 0.0770. The number of halogens is 1. The number of carbonyl (C=O) groups excluding carboxylic acids is 1. The number of aromatic nitrogens is 5. The van der Waals surface area contributed by atoms with Gasteiger partial charge < -0.3 is 9.88 Å². The summed E-state index contributed by atoms with van der Waals surface area (Å²) in [5.41, 5.74) is 2.60. The number of hydrogen-bond acceptors (Lipinski definition) is 6. The second-order valence-corrected chi connectivity index (χ2v) is 10.0. The first-order valence-corrected chi connectivity index (χ1v) is 12.7. The van der Waals surface area contributed by atoms with Gasteiger partial charge in [0.2, 0.25) is 15.8 Å². The highest BCUT2D eigenvalue weighted by Gasteiger charge is 2.22. The van der Waals surface area contributed by atoms with Crippen molar-refractivity contribution in [3.63, 3.8) is 0 Å². The number of nitrogens with two attached hydrogens (primary N) is 1. The molecule has 1 amide bonds. The molecule has 0 spiro atoms. The van der Waals surface area contributed by atoms with Crippen molar-refractivity contribution in [2.45, 2.75) is 17.9 Å². The predicted molar refractivity (Wildman–Crippen MR) is 134 cm³/mol. The molecule has 2 aromatic heterocycles. The van der Waals surface area contributed by atoms with Gasteiger partial charge in [-0.3, -0.25) is 4.79 Å². The van der Waals surface area contributed by atoms with Crippen LogP contribution in [0.25, 0.3) is 16.7 Å². The quantitative estimate of drug-likeness (QED) is 0.339. The molecule has 0 aliphatic rings. The third kappa shape index (κ3) is 5.25. The maximum atomic E-state index is 13.5. The van der Waals surface area contributed by atoms with Crippen molar-refractivity contribution in [3.8, 4) is 5.69 Å². The molecule has 5 rings (SSSR count). The lowest BCUT2D eigenvalue weighted by atomic mass is 10.1. The van der Waals surface area contributed by atoms with Crippen LogP contribution in [-0.2, 0) is 23.0 Å². The van der Waals surface area contributed by atoms with Gasteiger partial charge in [0.05, 0.1) is 28.2 Å². The minimum absolute atomic E-state index is 0.0360. The summed E-state index contributed by atoms with van der Waals surface area (Å²) in [4.78, 5) is 26.5. The van der Waals surface area contributed by atoms with Gasteiger partial charge in [0.15, 0.2) is 0 Å². The smallest absolute Gasteiger partial charge is 0.293 e. The summed E-state index contributed by atoms with van der Waals surface area (Å²) >= 11 is 0. The molecule has 0 bridgehead atoms. The average molecular weight is 520 g/mol. The van der Waals surface area contributed by atoms with E-state index in [0.29, 0.717) is 34.8 Å². The number of benzene rings is 3. The molecule has 12 heteroatoms. The maximum absolute atomic E-state index is 13.5. The summed E-state index contributed by atoms with van der Waals surface area (Å²) in [6.07, 6.45) is 0.386. The van der Waals surface area contributed by atoms with Crippen LogP contribution >= 0.6 is 0 Å². The second-order valence-electron chi connectivity index (χ2n) is 8.47. The number of aromatic amines is 1. The number of hydrogen-bond donors (Lipinski definition) is 2. The first-order chi connectivity index (χ1) is 17.7. The Labute approximate surface area is 211 Å². The minimum Gasteiger partial charge on any atom is -0.340 e. The molecule has 0 unspecified atom stereocenters. The number of nitrogens with zero attached hydrogens (tertiary/aromatic N) is 5. The van der Waals surface area contributed by atoms with E-state index in [2.05, 4.69) is 20.1 Å². The zero-order valence-corrected chi connectivity index (χ0v) is 20.5. The molecule has 188 valence electrons. The summed E-state index contributed by atoms with van der Waals surface area (Å²) in [6, 6.07) is 19.6. The van der Waals surface area contributed by atoms with Crippen molar-refractivity contribution in [3.05, 3.63) is 102 Å². The Morgan fingerprint density at radius 1 is 1.05 bits per heavy atom. The van der Waals surface area contributed by atoms with Gasteiger partial charge in [0.25, 0.3) is 5.91 Å². The summed E-state index contributed by atoms with van der Waals surface area (Å²) in [7, 11) is -2.27. The van der Waals surface area contributed by atoms with Crippen LogP contribution < -0.4 is 5.14 Å². The monoisotopic (exact) mass is 519 g/mol. The van der Waals surface area contributed by atoms with E-state index in [9.17, 15) is 17.6 Å². The van der Waals surface area contributed by atoms with Gasteiger partial charge in [0.1, 0.15) is 17.5 Å². The molecule has 0 aliphatic carbocycles. The number of nitrogens with one attached hydrogen (secondary N) is 1. The zero-order chi connectivity index (χ0) is 26.2. The summed E-state index contributed by atoms with van der Waals surface area (Å²) < 4.78 is 38.3. The molecule has 0 fully saturated rings. The van der Waals surface area contributed by atoms with Crippen LogP contribution in [-0.4, -0.2) is 51.0 Å². The van der Waals surface area contributed by atoms with Crippen LogP contribution in [0.4, 0.5) is 4.39 Å². The van der Waals surface area contributed by atoms with Crippen molar-refractivity contribution >= 4 is 27.0 Å². The van der Waals surface area contributed by atoms with Crippen molar-refractivity contribution in [2.24, 2.45) is 5.14 Å². The van der Waals surface area contributed by atoms with Crippen LogP contribution in [0.2, 0.25) is 0 Å². The van der Waals surface area contributed by atoms with Gasteiger partial charge >= 0.3 is 0 Å². The fourth-order valence-electron chi connectivity index (χ4n) is 3.89. The van der Waals surface area contributed by atoms with Crippen molar-refractivity contribution in [1.29, 1.82) is 0 Å². The third-order valence-corrected chi connectivity index (χ3v) is 6.64. The molecule has 3 aromatic carbocycles. The molecular formula is C25H22FN7O3S. The number of imidazole rings is 1. The van der Waals surface area contributed by atoms with Crippen molar-refractivity contribution < 1.29 is 17.6 Å². The first kappa shape index (κ1) is 24.3. The van der Waals surface area contributed by atoms with Gasteiger partial charge in [-0.2, -0.15) is 0 Å². The number of sulfonamides is 1. The zero-order valence-electron chi connectivity index (χ0n) is 19.7. The summed E-state index contributed by atoms with van der Waals surface area (Å²) in [5.74, 6) is 0.112. The van der Waals surface area contributed by atoms with E-state index in [0.717, 1.165) is 5.56 Å². The number of H-pyrrole nitrogens is 1. The van der Waals surface area contributed by atoms with E-state index in [4.69, 9.17) is 5.14 Å². The van der Waals surface area contributed by atoms with E-state index in [1.165, 1.54) is 33.8 Å². The van der Waals surface area contributed by atoms with E-state index >= 15 is 0 Å². The summed E-state index contributed by atoms with van der Waals surface area (Å²) in [5, 5.41) is 9.65. The minimum atomic E-state index is -3.86. The molecule has 3 N–H and O–H groups in total. The Balaban J connectivity index is 1.45. The Kier molecular flexibility index (Phi) is 6.27. The van der Waals surface area contributed by atoms with Crippen LogP contribution in [0.5, 0.6) is 0 Å². The fraction of sp³-hybridized carbons (Fsp3) is 0.120. The largest absolute Gasteiger partial charge is 0.340 e. The van der Waals surface area contributed by atoms with Gasteiger partial charge in [-0.05, 0) is 48.0 Å². The van der Waals surface area contributed by atoms with Gasteiger partial charge in [0, 0.05) is 13.5 Å². The van der Waals surface area contributed by atoms with Crippen LogP contribution in [0.1, 0.15) is 27.8 Å². The average Bonchev–Trinajstić information content (AvgIpc) is 3.47. The molecule has 10 nitrogen and oxygen atoms in total. The number of fused-ring (bicyclic) bond motifs is 1. The normalized spacial score (nSPS) is 11.6. The third-order valence-electron chi connectivity index (χ3n) is 5.71. The number of primary sulfonamides is 1. The molecular weight excluding hydrogens is 497 g/mol. The second kappa shape index (κ2) is 9.56. The predicted octanol–water partition coefficient (Wildman–Crippen LogP) is 2.79. The molecule has 0 atom stereocenters. The van der Waals surface area contributed by atoms with E-state index in [-0.39, 0.29) is 23.1 Å². The van der Waals surface area contributed by atoms with Crippen LogP contribution in [0.3, 0.4) is 0 Å². The van der Waals surface area contributed by atoms with Crippen molar-refractivity contribution in [1.82, 2.24) is 29.6 Å². The Hall–Kier alpha value is -4.42.